The third-order valence-electron chi connectivity index (χ3n) is 4.19. The highest BCUT2D eigenvalue weighted by atomic mass is 32.2. The summed E-state index contributed by atoms with van der Waals surface area (Å²) in [5.41, 5.74) is -3.86. The van der Waals surface area contributed by atoms with E-state index >= 15 is 0 Å². The van der Waals surface area contributed by atoms with Crippen molar-refractivity contribution in [2.75, 3.05) is 26.7 Å². The molecule has 1 saturated heterocycles. The lowest BCUT2D eigenvalue weighted by molar-refractivity contribution is -0.134. The number of likely N-dealkylation sites (N-methyl/N-ethyl adjacent to an activating group) is 1. The maximum atomic E-state index is 12.6. The van der Waals surface area contributed by atoms with Crippen molar-refractivity contribution in [3.63, 3.8) is 0 Å². The Morgan fingerprint density at radius 2 is 1.96 bits per heavy atom. The van der Waals surface area contributed by atoms with Crippen molar-refractivity contribution >= 4 is 23.7 Å². The summed E-state index contributed by atoms with van der Waals surface area (Å²) in [6.45, 7) is 5.28. The first-order valence-electron chi connectivity index (χ1n) is 7.85. The van der Waals surface area contributed by atoms with Gasteiger partial charge in [-0.1, -0.05) is 0 Å². The summed E-state index contributed by atoms with van der Waals surface area (Å²) in [5, 5.41) is 0. The molecule has 136 valence electrons. The fraction of sp³-hybridized carbons (Fsp3) is 0.471. The van der Waals surface area contributed by atoms with Crippen molar-refractivity contribution in [1.82, 2.24) is 9.80 Å². The summed E-state index contributed by atoms with van der Waals surface area (Å²) in [4.78, 5) is 16.1. The molecule has 0 aromatic heterocycles. The summed E-state index contributed by atoms with van der Waals surface area (Å²) in [6, 6.07) is 4.39. The first-order chi connectivity index (χ1) is 11.5. The van der Waals surface area contributed by atoms with Gasteiger partial charge in [-0.2, -0.15) is 13.2 Å². The van der Waals surface area contributed by atoms with E-state index in [1.54, 1.807) is 17.0 Å². The maximum Gasteiger partial charge on any atom is 0.446 e. The Labute approximate surface area is 148 Å². The number of hydrogen-bond acceptors (Lipinski definition) is 4. The molecule has 2 aliphatic rings. The van der Waals surface area contributed by atoms with Crippen LogP contribution in [0.2, 0.25) is 0 Å². The predicted octanol–water partition coefficient (Wildman–Crippen LogP) is 3.58. The van der Waals surface area contributed by atoms with E-state index in [1.165, 1.54) is 12.1 Å². The zero-order valence-electron chi connectivity index (χ0n) is 14.2. The second-order valence-corrected chi connectivity index (χ2v) is 7.81. The zero-order chi connectivity index (χ0) is 18.4. The molecule has 1 fully saturated rings. The lowest BCUT2D eigenvalue weighted by Gasteiger charge is -2.42. The van der Waals surface area contributed by atoms with Crippen LogP contribution in [0, 0.1) is 0 Å². The van der Waals surface area contributed by atoms with Gasteiger partial charge in [-0.3, -0.25) is 9.69 Å². The number of carbonyl (C=O) groups excluding carboxylic acids is 1. The molecule has 0 saturated carbocycles. The van der Waals surface area contributed by atoms with E-state index in [2.05, 4.69) is 0 Å². The molecule has 3 rings (SSSR count). The van der Waals surface area contributed by atoms with Gasteiger partial charge in [-0.15, -0.1) is 0 Å². The summed E-state index contributed by atoms with van der Waals surface area (Å²) in [5.74, 6) is 0.475. The number of halogens is 3. The van der Waals surface area contributed by atoms with Crippen molar-refractivity contribution in [3.05, 3.63) is 29.5 Å². The standard InChI is InChI=1S/C17H19F3N2O2S/c1-16(2)14(22-7-6-21(3)10-15(22)23)9-11-8-12(25-17(18,19)20)4-5-13(11)24-16/h4-5,8-9H,6-7,10H2,1-3H3. The van der Waals surface area contributed by atoms with Gasteiger partial charge >= 0.3 is 5.51 Å². The monoisotopic (exact) mass is 372 g/mol. The molecule has 8 heteroatoms. The number of piperazine rings is 1. The zero-order valence-corrected chi connectivity index (χ0v) is 15.0. The van der Waals surface area contributed by atoms with Crippen LogP contribution in [0.15, 0.2) is 28.8 Å². The molecule has 0 atom stereocenters. The SMILES string of the molecule is CN1CCN(C2=Cc3cc(SC(F)(F)F)ccc3OC2(C)C)C(=O)C1. The van der Waals surface area contributed by atoms with Crippen molar-refractivity contribution in [2.45, 2.75) is 29.9 Å². The van der Waals surface area contributed by atoms with Gasteiger partial charge in [0.05, 0.1) is 12.2 Å². The molecule has 0 bridgehead atoms. The number of thioether (sulfide) groups is 1. The van der Waals surface area contributed by atoms with Crippen LogP contribution in [0.4, 0.5) is 13.2 Å². The molecule has 0 aliphatic carbocycles. The number of alkyl halides is 3. The first kappa shape index (κ1) is 18.1. The highest BCUT2D eigenvalue weighted by Crippen LogP contribution is 2.42. The highest BCUT2D eigenvalue weighted by molar-refractivity contribution is 8.00. The minimum Gasteiger partial charge on any atom is -0.481 e. The largest absolute Gasteiger partial charge is 0.481 e. The van der Waals surface area contributed by atoms with Crippen LogP contribution in [0.25, 0.3) is 6.08 Å². The van der Waals surface area contributed by atoms with Crippen LogP contribution in [0.1, 0.15) is 19.4 Å². The molecular weight excluding hydrogens is 353 g/mol. The summed E-state index contributed by atoms with van der Waals surface area (Å²) in [7, 11) is 1.88. The van der Waals surface area contributed by atoms with Gasteiger partial charge in [-0.05, 0) is 56.9 Å². The van der Waals surface area contributed by atoms with E-state index in [0.29, 0.717) is 30.1 Å². The minimum absolute atomic E-state index is 0.0408. The molecule has 4 nitrogen and oxygen atoms in total. The van der Waals surface area contributed by atoms with Crippen LogP contribution in [-0.4, -0.2) is 53.5 Å². The molecule has 2 aliphatic heterocycles. The van der Waals surface area contributed by atoms with Crippen LogP contribution < -0.4 is 4.74 Å². The average molecular weight is 372 g/mol. The Bertz CT molecular complexity index is 731. The highest BCUT2D eigenvalue weighted by Gasteiger charge is 2.38. The second kappa shape index (κ2) is 6.25. The summed E-state index contributed by atoms with van der Waals surface area (Å²) < 4.78 is 43.8. The lowest BCUT2D eigenvalue weighted by atomic mass is 9.96. The third kappa shape index (κ3) is 3.95. The molecule has 1 amide bonds. The number of benzene rings is 1. The fourth-order valence-corrected chi connectivity index (χ4v) is 3.62. The Morgan fingerprint density at radius 1 is 1.24 bits per heavy atom. The molecule has 0 N–H and O–H groups in total. The van der Waals surface area contributed by atoms with Gasteiger partial charge < -0.3 is 9.64 Å². The van der Waals surface area contributed by atoms with Crippen molar-refractivity contribution < 1.29 is 22.7 Å². The quantitative estimate of drug-likeness (QED) is 0.743. The Morgan fingerprint density at radius 3 is 2.60 bits per heavy atom. The normalized spacial score (nSPS) is 20.8. The number of amides is 1. The topological polar surface area (TPSA) is 32.8 Å². The van der Waals surface area contributed by atoms with Crippen molar-refractivity contribution in [2.24, 2.45) is 0 Å². The molecule has 0 unspecified atom stereocenters. The van der Waals surface area contributed by atoms with Crippen LogP contribution in [0.5, 0.6) is 5.75 Å². The van der Waals surface area contributed by atoms with Crippen LogP contribution in [0.3, 0.4) is 0 Å². The number of ether oxygens (including phenoxy) is 1. The maximum absolute atomic E-state index is 12.6. The molecule has 0 radical (unpaired) electrons. The number of hydrogen-bond donors (Lipinski definition) is 0. The minimum atomic E-state index is -4.34. The van der Waals surface area contributed by atoms with Gasteiger partial charge in [0.1, 0.15) is 11.4 Å². The molecule has 0 spiro atoms. The molecule has 1 aromatic carbocycles. The molecule has 1 aromatic rings. The summed E-state index contributed by atoms with van der Waals surface area (Å²) in [6.07, 6.45) is 1.77. The second-order valence-electron chi connectivity index (χ2n) is 6.67. The average Bonchev–Trinajstić information content (AvgIpc) is 2.45. The van der Waals surface area contributed by atoms with Gasteiger partial charge in [-0.25, -0.2) is 0 Å². The third-order valence-corrected chi connectivity index (χ3v) is 4.91. The van der Waals surface area contributed by atoms with Crippen molar-refractivity contribution in [3.8, 4) is 5.75 Å². The lowest BCUT2D eigenvalue weighted by Crippen LogP contribution is -2.53. The van der Waals surface area contributed by atoms with Gasteiger partial charge in [0.15, 0.2) is 0 Å². The van der Waals surface area contributed by atoms with E-state index in [1.807, 2.05) is 25.8 Å². The van der Waals surface area contributed by atoms with E-state index in [-0.39, 0.29) is 22.6 Å². The van der Waals surface area contributed by atoms with Crippen molar-refractivity contribution in [1.29, 1.82) is 0 Å². The number of carbonyl (C=O) groups is 1. The van der Waals surface area contributed by atoms with E-state index in [4.69, 9.17) is 4.74 Å². The Balaban J connectivity index is 1.96. The van der Waals surface area contributed by atoms with Gasteiger partial charge in [0, 0.05) is 23.5 Å². The molecule has 25 heavy (non-hydrogen) atoms. The fourth-order valence-electron chi connectivity index (χ4n) is 3.03. The van der Waals surface area contributed by atoms with Gasteiger partial charge in [0.2, 0.25) is 5.91 Å². The Hall–Kier alpha value is -1.67. The number of nitrogens with zero attached hydrogens (tertiary/aromatic N) is 2. The first-order valence-corrected chi connectivity index (χ1v) is 8.67. The van der Waals surface area contributed by atoms with Gasteiger partial charge in [0.25, 0.3) is 0 Å². The number of rotatable bonds is 2. The molecule has 2 heterocycles. The summed E-state index contributed by atoms with van der Waals surface area (Å²) >= 11 is -0.161. The Kier molecular flexibility index (Phi) is 4.53. The number of fused-ring (bicyclic) bond motifs is 1. The van der Waals surface area contributed by atoms with Crippen LogP contribution in [-0.2, 0) is 4.79 Å². The van der Waals surface area contributed by atoms with E-state index in [9.17, 15) is 18.0 Å². The predicted molar refractivity (Wildman–Crippen MR) is 90.2 cm³/mol. The van der Waals surface area contributed by atoms with Crippen LogP contribution >= 0.6 is 11.8 Å². The van der Waals surface area contributed by atoms with E-state index < -0.39 is 11.1 Å². The molecular formula is C17H19F3N2O2S. The van der Waals surface area contributed by atoms with E-state index in [0.717, 1.165) is 6.54 Å². The smallest absolute Gasteiger partial charge is 0.446 e.